The smallest absolute Gasteiger partial charge is 0.268 e. The Labute approximate surface area is 152 Å². The molecule has 130 valence electrons. The number of hydrogen-bond donors (Lipinski definition) is 1. The third-order valence-electron chi connectivity index (χ3n) is 4.43. The summed E-state index contributed by atoms with van der Waals surface area (Å²) in [6.07, 6.45) is 1.50. The molecule has 0 saturated carbocycles. The van der Waals surface area contributed by atoms with E-state index in [2.05, 4.69) is 0 Å². The second kappa shape index (κ2) is 6.44. The maximum absolute atomic E-state index is 13.2. The number of hydrogen-bond acceptors (Lipinski definition) is 3. The number of benzene rings is 3. The molecule has 0 bridgehead atoms. The van der Waals surface area contributed by atoms with Crippen molar-refractivity contribution in [2.75, 3.05) is 0 Å². The molecule has 4 rings (SSSR count). The summed E-state index contributed by atoms with van der Waals surface area (Å²) >= 11 is 0. The minimum Gasteiger partial charge on any atom is -0.392 e. The molecule has 0 amide bonds. The quantitative estimate of drug-likeness (QED) is 0.595. The Morgan fingerprint density at radius 1 is 0.808 bits per heavy atom. The lowest BCUT2D eigenvalue weighted by atomic mass is 10.1. The molecule has 1 aromatic heterocycles. The van der Waals surface area contributed by atoms with Crippen molar-refractivity contribution in [1.29, 1.82) is 0 Å². The molecule has 0 unspecified atom stereocenters. The van der Waals surface area contributed by atoms with Gasteiger partial charge in [-0.15, -0.1) is 0 Å². The first-order valence-corrected chi connectivity index (χ1v) is 9.66. The topological polar surface area (TPSA) is 59.3 Å². The van der Waals surface area contributed by atoms with Crippen LogP contribution in [0.5, 0.6) is 0 Å². The average Bonchev–Trinajstić information content (AvgIpc) is 3.08. The third-order valence-corrected chi connectivity index (χ3v) is 6.10. The fraction of sp³-hybridized carbons (Fsp3) is 0.0476. The molecular weight excluding hydrogens is 346 g/mol. The Bertz CT molecular complexity index is 1180. The fourth-order valence-electron chi connectivity index (χ4n) is 3.12. The number of aliphatic hydroxyl groups is 1. The van der Waals surface area contributed by atoms with Crippen LogP contribution in [0.3, 0.4) is 0 Å². The van der Waals surface area contributed by atoms with E-state index in [1.807, 2.05) is 48.5 Å². The molecule has 1 heterocycles. The van der Waals surface area contributed by atoms with Crippen molar-refractivity contribution in [1.82, 2.24) is 3.97 Å². The maximum Gasteiger partial charge on any atom is 0.268 e. The van der Waals surface area contributed by atoms with Crippen LogP contribution in [0.1, 0.15) is 5.56 Å². The van der Waals surface area contributed by atoms with Crippen molar-refractivity contribution in [3.63, 3.8) is 0 Å². The summed E-state index contributed by atoms with van der Waals surface area (Å²) in [6, 6.07) is 23.7. The molecule has 0 saturated heterocycles. The predicted molar refractivity (Wildman–Crippen MR) is 102 cm³/mol. The molecule has 0 atom stereocenters. The monoisotopic (exact) mass is 363 g/mol. The van der Waals surface area contributed by atoms with Crippen molar-refractivity contribution in [3.8, 4) is 11.1 Å². The summed E-state index contributed by atoms with van der Waals surface area (Å²) in [4.78, 5) is 0.212. The lowest BCUT2D eigenvalue weighted by Gasteiger charge is -2.09. The van der Waals surface area contributed by atoms with Gasteiger partial charge >= 0.3 is 0 Å². The van der Waals surface area contributed by atoms with E-state index in [0.29, 0.717) is 11.1 Å². The minimum atomic E-state index is -3.78. The molecule has 3 aromatic carbocycles. The summed E-state index contributed by atoms with van der Waals surface area (Å²) in [6.45, 7) is -0.215. The van der Waals surface area contributed by atoms with Crippen molar-refractivity contribution in [3.05, 3.63) is 90.6 Å². The lowest BCUT2D eigenvalue weighted by Crippen LogP contribution is -2.12. The average molecular weight is 363 g/mol. The zero-order valence-electron chi connectivity index (χ0n) is 13.9. The predicted octanol–water partition coefficient (Wildman–Crippen LogP) is 4.04. The summed E-state index contributed by atoms with van der Waals surface area (Å²) in [5, 5.41) is 10.3. The number of para-hydroxylation sites is 1. The Morgan fingerprint density at radius 3 is 2.27 bits per heavy atom. The highest BCUT2D eigenvalue weighted by molar-refractivity contribution is 7.90. The van der Waals surface area contributed by atoms with E-state index in [1.54, 1.807) is 30.3 Å². The molecule has 0 aliphatic heterocycles. The molecule has 0 aliphatic carbocycles. The highest BCUT2D eigenvalue weighted by atomic mass is 32.2. The van der Waals surface area contributed by atoms with E-state index < -0.39 is 10.0 Å². The zero-order valence-corrected chi connectivity index (χ0v) is 14.7. The van der Waals surface area contributed by atoms with Gasteiger partial charge in [0.1, 0.15) is 0 Å². The van der Waals surface area contributed by atoms with E-state index >= 15 is 0 Å². The highest BCUT2D eigenvalue weighted by Gasteiger charge is 2.21. The molecule has 1 N–H and O–H groups in total. The van der Waals surface area contributed by atoms with Crippen LogP contribution in [0.25, 0.3) is 22.0 Å². The maximum atomic E-state index is 13.2. The number of fused-ring (bicyclic) bond motifs is 1. The van der Waals surface area contributed by atoms with Gasteiger partial charge in [-0.3, -0.25) is 0 Å². The van der Waals surface area contributed by atoms with Crippen LogP contribution >= 0.6 is 0 Å². The van der Waals surface area contributed by atoms with Crippen molar-refractivity contribution in [2.24, 2.45) is 0 Å². The normalized spacial score (nSPS) is 11.7. The van der Waals surface area contributed by atoms with Gasteiger partial charge in [-0.1, -0.05) is 60.7 Å². The van der Waals surface area contributed by atoms with Gasteiger partial charge in [0, 0.05) is 17.1 Å². The first kappa shape index (κ1) is 16.6. The third kappa shape index (κ3) is 2.71. The molecule has 4 aromatic rings. The van der Waals surface area contributed by atoms with Gasteiger partial charge in [0.25, 0.3) is 10.0 Å². The largest absolute Gasteiger partial charge is 0.392 e. The number of rotatable bonds is 4. The molecule has 0 fully saturated rings. The van der Waals surface area contributed by atoms with Crippen LogP contribution in [-0.4, -0.2) is 17.5 Å². The highest BCUT2D eigenvalue weighted by Crippen LogP contribution is 2.28. The minimum absolute atomic E-state index is 0.212. The summed E-state index contributed by atoms with van der Waals surface area (Å²) in [5.74, 6) is 0. The van der Waals surface area contributed by atoms with E-state index in [-0.39, 0.29) is 11.5 Å². The van der Waals surface area contributed by atoms with Crippen LogP contribution in [0.2, 0.25) is 0 Å². The molecule has 5 heteroatoms. The van der Waals surface area contributed by atoms with Gasteiger partial charge in [-0.2, -0.15) is 0 Å². The molecule has 4 nitrogen and oxygen atoms in total. The number of aliphatic hydroxyl groups excluding tert-OH is 1. The van der Waals surface area contributed by atoms with Crippen LogP contribution in [0, 0.1) is 0 Å². The molecular formula is C21H17NO3S. The second-order valence-corrected chi connectivity index (χ2v) is 7.84. The lowest BCUT2D eigenvalue weighted by molar-refractivity contribution is 0.283. The van der Waals surface area contributed by atoms with Crippen molar-refractivity contribution >= 4 is 20.9 Å². The SMILES string of the molecule is O=S(=O)(c1cccc(-c2ccccc2)c1)n1cc(CO)c2ccccc21. The number of aromatic nitrogens is 1. The molecule has 0 spiro atoms. The first-order valence-electron chi connectivity index (χ1n) is 8.22. The van der Waals surface area contributed by atoms with Gasteiger partial charge < -0.3 is 5.11 Å². The molecule has 0 aliphatic rings. The first-order chi connectivity index (χ1) is 12.6. The van der Waals surface area contributed by atoms with Gasteiger partial charge in [-0.05, 0) is 29.3 Å². The van der Waals surface area contributed by atoms with Gasteiger partial charge in [-0.25, -0.2) is 12.4 Å². The van der Waals surface area contributed by atoms with Crippen LogP contribution in [0.4, 0.5) is 0 Å². The van der Waals surface area contributed by atoms with E-state index in [9.17, 15) is 13.5 Å². The van der Waals surface area contributed by atoms with Gasteiger partial charge in [0.2, 0.25) is 0 Å². The second-order valence-electron chi connectivity index (χ2n) is 6.02. The fourth-order valence-corrected chi connectivity index (χ4v) is 4.56. The Morgan fingerprint density at radius 2 is 1.50 bits per heavy atom. The molecule has 0 radical (unpaired) electrons. The van der Waals surface area contributed by atoms with Crippen molar-refractivity contribution < 1.29 is 13.5 Å². The summed E-state index contributed by atoms with van der Waals surface area (Å²) < 4.78 is 27.7. The zero-order chi connectivity index (χ0) is 18.1. The van der Waals surface area contributed by atoms with E-state index in [4.69, 9.17) is 0 Å². The molecule has 26 heavy (non-hydrogen) atoms. The number of nitrogens with zero attached hydrogens (tertiary/aromatic N) is 1. The van der Waals surface area contributed by atoms with Gasteiger partial charge in [0.05, 0.1) is 17.0 Å². The Hall–Kier alpha value is -2.89. The Kier molecular flexibility index (Phi) is 4.11. The van der Waals surface area contributed by atoms with Crippen molar-refractivity contribution in [2.45, 2.75) is 11.5 Å². The van der Waals surface area contributed by atoms with Gasteiger partial charge in [0.15, 0.2) is 0 Å². The summed E-state index contributed by atoms with van der Waals surface area (Å²) in [5.41, 5.74) is 2.94. The van der Waals surface area contributed by atoms with Crippen LogP contribution in [-0.2, 0) is 16.6 Å². The summed E-state index contributed by atoms with van der Waals surface area (Å²) in [7, 11) is -3.78. The standard InChI is InChI=1S/C21H17NO3S/c23-15-18-14-22(21-12-5-4-11-20(18)21)26(24,25)19-10-6-9-17(13-19)16-7-2-1-3-8-16/h1-14,23H,15H2. The van der Waals surface area contributed by atoms with E-state index in [1.165, 1.54) is 10.2 Å². The van der Waals surface area contributed by atoms with E-state index in [0.717, 1.165) is 16.5 Å². The van der Waals surface area contributed by atoms with Crippen LogP contribution < -0.4 is 0 Å². The Balaban J connectivity index is 1.89. The van der Waals surface area contributed by atoms with Crippen LogP contribution in [0.15, 0.2) is 90.0 Å².